The highest BCUT2D eigenvalue weighted by atomic mass is 32.1. The van der Waals surface area contributed by atoms with Gasteiger partial charge in [0.25, 0.3) is 0 Å². The van der Waals surface area contributed by atoms with E-state index in [0.717, 1.165) is 11.5 Å². The van der Waals surface area contributed by atoms with Crippen LogP contribution in [0.2, 0.25) is 0 Å². The van der Waals surface area contributed by atoms with Gasteiger partial charge in [-0.2, -0.15) is 0 Å². The second kappa shape index (κ2) is 5.72. The van der Waals surface area contributed by atoms with Crippen LogP contribution in [-0.2, 0) is 0 Å². The van der Waals surface area contributed by atoms with Crippen molar-refractivity contribution < 1.29 is 4.42 Å². The third-order valence-corrected chi connectivity index (χ3v) is 4.09. The van der Waals surface area contributed by atoms with Crippen molar-refractivity contribution in [2.45, 2.75) is 39.8 Å². The molecule has 2 atom stereocenters. The lowest BCUT2D eigenvalue weighted by Gasteiger charge is -2.24. The van der Waals surface area contributed by atoms with Crippen molar-refractivity contribution in [3.05, 3.63) is 46.0 Å². The molecule has 0 saturated carbocycles. The number of hydrogen-bond acceptors (Lipinski definition) is 3. The van der Waals surface area contributed by atoms with Crippen molar-refractivity contribution in [2.24, 2.45) is 5.92 Å². The van der Waals surface area contributed by atoms with Crippen molar-refractivity contribution in [1.29, 1.82) is 0 Å². The van der Waals surface area contributed by atoms with E-state index in [1.807, 2.05) is 24.3 Å². The van der Waals surface area contributed by atoms with Gasteiger partial charge in [0.1, 0.15) is 11.5 Å². The van der Waals surface area contributed by atoms with E-state index in [0.29, 0.717) is 12.0 Å². The van der Waals surface area contributed by atoms with E-state index in [9.17, 15) is 0 Å². The molecule has 1 N–H and O–H groups in total. The molecule has 0 aromatic carbocycles. The molecule has 3 heteroatoms. The number of furan rings is 1. The first-order chi connectivity index (χ1) is 8.58. The number of rotatable bonds is 5. The Morgan fingerprint density at radius 2 is 1.94 bits per heavy atom. The molecule has 0 aliphatic carbocycles. The van der Waals surface area contributed by atoms with Crippen molar-refractivity contribution in [3.63, 3.8) is 0 Å². The minimum Gasteiger partial charge on any atom is -0.465 e. The van der Waals surface area contributed by atoms with Crippen LogP contribution in [0.1, 0.15) is 49.3 Å². The van der Waals surface area contributed by atoms with Gasteiger partial charge in [-0.25, -0.2) is 0 Å². The van der Waals surface area contributed by atoms with Crippen molar-refractivity contribution in [3.8, 4) is 0 Å². The highest BCUT2D eigenvalue weighted by Gasteiger charge is 2.20. The second-order valence-electron chi connectivity index (χ2n) is 5.07. The zero-order valence-corrected chi connectivity index (χ0v) is 12.3. The molecule has 0 amide bonds. The second-order valence-corrected chi connectivity index (χ2v) is 6.05. The average molecular weight is 263 g/mol. The Balaban J connectivity index is 2.10. The van der Waals surface area contributed by atoms with Crippen LogP contribution < -0.4 is 5.32 Å². The molecule has 98 valence electrons. The lowest BCUT2D eigenvalue weighted by atomic mass is 10.0. The molecule has 2 aromatic rings. The average Bonchev–Trinajstić information content (AvgIpc) is 2.95. The molecule has 0 saturated heterocycles. The molecule has 2 rings (SSSR count). The summed E-state index contributed by atoms with van der Waals surface area (Å²) in [6, 6.07) is 8.99. The third kappa shape index (κ3) is 3.03. The SMILES string of the molecule is Cc1ccc(C(C)NC(c2cccs2)C(C)C)o1. The van der Waals surface area contributed by atoms with Crippen molar-refractivity contribution in [2.75, 3.05) is 0 Å². The van der Waals surface area contributed by atoms with Crippen LogP contribution >= 0.6 is 11.3 Å². The molecule has 0 spiro atoms. The van der Waals surface area contributed by atoms with Crippen LogP contribution in [0.25, 0.3) is 0 Å². The molecule has 18 heavy (non-hydrogen) atoms. The smallest absolute Gasteiger partial charge is 0.120 e. The Labute approximate surface area is 113 Å². The summed E-state index contributed by atoms with van der Waals surface area (Å²) >= 11 is 1.81. The van der Waals surface area contributed by atoms with Gasteiger partial charge in [0.05, 0.1) is 6.04 Å². The molecule has 0 bridgehead atoms. The summed E-state index contributed by atoms with van der Waals surface area (Å²) in [5.41, 5.74) is 0. The first kappa shape index (κ1) is 13.4. The predicted molar refractivity (Wildman–Crippen MR) is 76.9 cm³/mol. The van der Waals surface area contributed by atoms with E-state index in [1.54, 1.807) is 0 Å². The highest BCUT2D eigenvalue weighted by molar-refractivity contribution is 7.10. The lowest BCUT2D eigenvalue weighted by Crippen LogP contribution is -2.27. The standard InChI is InChI=1S/C15H21NOS/c1-10(2)15(14-6-5-9-18-14)16-12(4)13-8-7-11(3)17-13/h5-10,12,15-16H,1-4H3. The Morgan fingerprint density at radius 1 is 1.17 bits per heavy atom. The van der Waals surface area contributed by atoms with Gasteiger partial charge in [0.2, 0.25) is 0 Å². The predicted octanol–water partition coefficient (Wildman–Crippen LogP) is 4.70. The number of aryl methyl sites for hydroxylation is 1. The zero-order valence-electron chi connectivity index (χ0n) is 11.4. The quantitative estimate of drug-likeness (QED) is 0.846. The summed E-state index contributed by atoms with van der Waals surface area (Å²) in [5.74, 6) is 2.53. The summed E-state index contributed by atoms with van der Waals surface area (Å²) in [4.78, 5) is 1.39. The van der Waals surface area contributed by atoms with Crippen molar-refractivity contribution in [1.82, 2.24) is 5.32 Å². The van der Waals surface area contributed by atoms with Gasteiger partial charge in [-0.05, 0) is 43.3 Å². The van der Waals surface area contributed by atoms with E-state index in [2.05, 4.69) is 49.7 Å². The van der Waals surface area contributed by atoms with Gasteiger partial charge in [-0.3, -0.25) is 5.32 Å². The largest absolute Gasteiger partial charge is 0.465 e. The fourth-order valence-corrected chi connectivity index (χ4v) is 3.07. The summed E-state index contributed by atoms with van der Waals surface area (Å²) in [5, 5.41) is 5.80. The molecule has 0 radical (unpaired) electrons. The molecule has 0 aliphatic heterocycles. The lowest BCUT2D eigenvalue weighted by molar-refractivity contribution is 0.340. The maximum absolute atomic E-state index is 5.68. The van der Waals surface area contributed by atoms with Gasteiger partial charge in [-0.1, -0.05) is 19.9 Å². The maximum Gasteiger partial charge on any atom is 0.120 e. The fraction of sp³-hybridized carbons (Fsp3) is 0.467. The fourth-order valence-electron chi connectivity index (χ4n) is 2.11. The van der Waals surface area contributed by atoms with Crippen LogP contribution in [0.4, 0.5) is 0 Å². The van der Waals surface area contributed by atoms with E-state index in [-0.39, 0.29) is 6.04 Å². The molecular weight excluding hydrogens is 242 g/mol. The number of thiophene rings is 1. The Hall–Kier alpha value is -1.06. The topological polar surface area (TPSA) is 25.2 Å². The van der Waals surface area contributed by atoms with Gasteiger partial charge in [0, 0.05) is 10.9 Å². The monoisotopic (exact) mass is 263 g/mol. The Kier molecular flexibility index (Phi) is 4.25. The first-order valence-electron chi connectivity index (χ1n) is 6.43. The minimum absolute atomic E-state index is 0.230. The highest BCUT2D eigenvalue weighted by Crippen LogP contribution is 2.29. The van der Waals surface area contributed by atoms with Gasteiger partial charge in [-0.15, -0.1) is 11.3 Å². The summed E-state index contributed by atoms with van der Waals surface area (Å²) < 4.78 is 5.68. The van der Waals surface area contributed by atoms with Gasteiger partial charge < -0.3 is 4.42 Å². The molecule has 2 nitrogen and oxygen atoms in total. The van der Waals surface area contributed by atoms with Crippen LogP contribution in [0.3, 0.4) is 0 Å². The number of nitrogens with one attached hydrogen (secondary N) is 1. The first-order valence-corrected chi connectivity index (χ1v) is 7.31. The van der Waals surface area contributed by atoms with E-state index in [1.165, 1.54) is 4.88 Å². The summed E-state index contributed by atoms with van der Waals surface area (Å²) in [6.45, 7) is 8.63. The summed E-state index contributed by atoms with van der Waals surface area (Å²) in [7, 11) is 0. The number of hydrogen-bond donors (Lipinski definition) is 1. The van der Waals surface area contributed by atoms with Crippen LogP contribution in [0.5, 0.6) is 0 Å². The molecule has 0 aliphatic rings. The molecule has 0 fully saturated rings. The van der Waals surface area contributed by atoms with Crippen molar-refractivity contribution >= 4 is 11.3 Å². The van der Waals surface area contributed by atoms with Crippen LogP contribution in [-0.4, -0.2) is 0 Å². The third-order valence-electron chi connectivity index (χ3n) is 3.13. The van der Waals surface area contributed by atoms with Crippen LogP contribution in [0.15, 0.2) is 34.1 Å². The van der Waals surface area contributed by atoms with Gasteiger partial charge in [0.15, 0.2) is 0 Å². The normalized spacial score (nSPS) is 14.9. The summed E-state index contributed by atoms with van der Waals surface area (Å²) in [6.07, 6.45) is 0. The van der Waals surface area contributed by atoms with E-state index >= 15 is 0 Å². The molecule has 2 unspecified atom stereocenters. The maximum atomic E-state index is 5.68. The van der Waals surface area contributed by atoms with Gasteiger partial charge >= 0.3 is 0 Å². The molecule has 2 aromatic heterocycles. The van der Waals surface area contributed by atoms with Crippen LogP contribution in [0, 0.1) is 12.8 Å². The Bertz CT molecular complexity index is 472. The molecule has 2 heterocycles. The minimum atomic E-state index is 0.230. The molecular formula is C15H21NOS. The van der Waals surface area contributed by atoms with E-state index in [4.69, 9.17) is 4.42 Å². The van der Waals surface area contributed by atoms with E-state index < -0.39 is 0 Å². The Morgan fingerprint density at radius 3 is 2.44 bits per heavy atom. The zero-order chi connectivity index (χ0) is 13.1.